The summed E-state index contributed by atoms with van der Waals surface area (Å²) in [5.74, 6) is 0.940. The molecule has 0 spiro atoms. The molecular weight excluding hydrogens is 310 g/mol. The molecule has 5 heteroatoms. The van der Waals surface area contributed by atoms with Gasteiger partial charge in [-0.05, 0) is 63.5 Å². The maximum absolute atomic E-state index is 12.0. The van der Waals surface area contributed by atoms with Gasteiger partial charge in [-0.25, -0.2) is 0 Å². The van der Waals surface area contributed by atoms with Crippen molar-refractivity contribution in [3.63, 3.8) is 0 Å². The molecule has 1 aromatic rings. The lowest BCUT2D eigenvalue weighted by Crippen LogP contribution is -2.37. The normalized spacial score (nSPS) is 16.4. The molecule has 0 aliphatic carbocycles. The highest BCUT2D eigenvalue weighted by molar-refractivity contribution is 6.31. The zero-order valence-electron chi connectivity index (χ0n) is 14.0. The second-order valence-corrected chi connectivity index (χ2v) is 6.70. The van der Waals surface area contributed by atoms with E-state index in [4.69, 9.17) is 11.6 Å². The van der Waals surface area contributed by atoms with Crippen molar-refractivity contribution in [1.29, 1.82) is 0 Å². The number of hydrogen-bond acceptors (Lipinski definition) is 3. The quantitative estimate of drug-likeness (QED) is 0.766. The summed E-state index contributed by atoms with van der Waals surface area (Å²) in [6, 6.07) is 7.62. The highest BCUT2D eigenvalue weighted by atomic mass is 35.5. The average Bonchev–Trinajstić information content (AvgIpc) is 2.58. The smallest absolute Gasteiger partial charge is 0.221 e. The number of carbonyl (C=O) groups is 1. The SMILES string of the molecule is CNCCC1CCN(CCC(=O)NCc2ccccc2Cl)CC1. The van der Waals surface area contributed by atoms with Crippen molar-refractivity contribution in [1.82, 2.24) is 15.5 Å². The van der Waals surface area contributed by atoms with E-state index in [0.29, 0.717) is 18.0 Å². The van der Waals surface area contributed by atoms with Crippen LogP contribution in [0.1, 0.15) is 31.2 Å². The van der Waals surface area contributed by atoms with E-state index in [1.54, 1.807) is 0 Å². The Labute approximate surface area is 144 Å². The van der Waals surface area contributed by atoms with Crippen LogP contribution in [0.25, 0.3) is 0 Å². The van der Waals surface area contributed by atoms with Crippen LogP contribution < -0.4 is 10.6 Å². The average molecular weight is 338 g/mol. The highest BCUT2D eigenvalue weighted by Crippen LogP contribution is 2.20. The number of hydrogen-bond donors (Lipinski definition) is 2. The Bertz CT molecular complexity index is 487. The standard InChI is InChI=1S/C18H28ClN3O/c1-20-10-6-15-7-11-22(12-8-15)13-9-18(23)21-14-16-4-2-3-5-17(16)19/h2-5,15,20H,6-14H2,1H3,(H,21,23). The first-order chi connectivity index (χ1) is 11.2. The van der Waals surface area contributed by atoms with Crippen LogP contribution >= 0.6 is 11.6 Å². The van der Waals surface area contributed by atoms with Crippen LogP contribution in [0.3, 0.4) is 0 Å². The number of nitrogens with zero attached hydrogens (tertiary/aromatic N) is 1. The second-order valence-electron chi connectivity index (χ2n) is 6.30. The third kappa shape index (κ3) is 6.50. The first-order valence-corrected chi connectivity index (χ1v) is 8.94. The number of benzene rings is 1. The number of halogens is 1. The maximum Gasteiger partial charge on any atom is 0.221 e. The lowest BCUT2D eigenvalue weighted by molar-refractivity contribution is -0.121. The number of rotatable bonds is 8. The van der Waals surface area contributed by atoms with Gasteiger partial charge in [-0.15, -0.1) is 0 Å². The topological polar surface area (TPSA) is 44.4 Å². The van der Waals surface area contributed by atoms with Crippen LogP contribution in [0.4, 0.5) is 0 Å². The van der Waals surface area contributed by atoms with Crippen LogP contribution in [0, 0.1) is 5.92 Å². The highest BCUT2D eigenvalue weighted by Gasteiger charge is 2.19. The molecule has 0 bridgehead atoms. The Morgan fingerprint density at radius 1 is 1.30 bits per heavy atom. The van der Waals surface area contributed by atoms with E-state index in [1.807, 2.05) is 31.3 Å². The fourth-order valence-corrected chi connectivity index (χ4v) is 3.23. The summed E-state index contributed by atoms with van der Waals surface area (Å²) in [5.41, 5.74) is 0.966. The van der Waals surface area contributed by atoms with Gasteiger partial charge in [0.2, 0.25) is 5.91 Å². The van der Waals surface area contributed by atoms with Crippen LogP contribution in [-0.4, -0.2) is 44.0 Å². The van der Waals surface area contributed by atoms with Crippen molar-refractivity contribution in [2.45, 2.75) is 32.2 Å². The van der Waals surface area contributed by atoms with Gasteiger partial charge in [0, 0.05) is 24.5 Å². The van der Waals surface area contributed by atoms with E-state index >= 15 is 0 Å². The summed E-state index contributed by atoms with van der Waals surface area (Å²) in [7, 11) is 2.01. The van der Waals surface area contributed by atoms with Gasteiger partial charge in [0.1, 0.15) is 0 Å². The van der Waals surface area contributed by atoms with Gasteiger partial charge in [-0.2, -0.15) is 0 Å². The number of piperidine rings is 1. The lowest BCUT2D eigenvalue weighted by atomic mass is 9.93. The Kier molecular flexibility index (Phi) is 7.86. The Balaban J connectivity index is 1.61. The van der Waals surface area contributed by atoms with Gasteiger partial charge >= 0.3 is 0 Å². The van der Waals surface area contributed by atoms with Gasteiger partial charge in [-0.1, -0.05) is 29.8 Å². The van der Waals surface area contributed by atoms with E-state index < -0.39 is 0 Å². The lowest BCUT2D eigenvalue weighted by Gasteiger charge is -2.31. The number of amides is 1. The molecule has 4 nitrogen and oxygen atoms in total. The number of nitrogens with one attached hydrogen (secondary N) is 2. The predicted octanol–water partition coefficient (Wildman–Crippen LogP) is 2.67. The number of likely N-dealkylation sites (tertiary alicyclic amines) is 1. The molecule has 0 atom stereocenters. The van der Waals surface area contributed by atoms with E-state index in [2.05, 4.69) is 15.5 Å². The van der Waals surface area contributed by atoms with Crippen molar-refractivity contribution in [3.8, 4) is 0 Å². The Morgan fingerprint density at radius 3 is 2.74 bits per heavy atom. The van der Waals surface area contributed by atoms with Gasteiger partial charge in [-0.3, -0.25) is 4.79 Å². The monoisotopic (exact) mass is 337 g/mol. The minimum absolute atomic E-state index is 0.0993. The van der Waals surface area contributed by atoms with Crippen molar-refractivity contribution in [2.24, 2.45) is 5.92 Å². The predicted molar refractivity (Wildman–Crippen MR) is 95.6 cm³/mol. The summed E-state index contributed by atoms with van der Waals surface area (Å²) in [6.07, 6.45) is 4.33. The van der Waals surface area contributed by atoms with Crippen LogP contribution in [0.5, 0.6) is 0 Å². The summed E-state index contributed by atoms with van der Waals surface area (Å²) in [6.45, 7) is 4.70. The zero-order valence-corrected chi connectivity index (χ0v) is 14.7. The summed E-state index contributed by atoms with van der Waals surface area (Å²) in [4.78, 5) is 14.4. The molecule has 23 heavy (non-hydrogen) atoms. The minimum atomic E-state index is 0.0993. The first-order valence-electron chi connectivity index (χ1n) is 8.56. The molecular formula is C18H28ClN3O. The summed E-state index contributed by atoms with van der Waals surface area (Å²) in [5, 5.41) is 6.88. The van der Waals surface area contributed by atoms with Crippen molar-refractivity contribution < 1.29 is 4.79 Å². The van der Waals surface area contributed by atoms with E-state index in [9.17, 15) is 4.79 Å². The van der Waals surface area contributed by atoms with Gasteiger partial charge in [0.15, 0.2) is 0 Å². The second kappa shape index (κ2) is 9.91. The van der Waals surface area contributed by atoms with Crippen molar-refractivity contribution in [2.75, 3.05) is 33.2 Å². The third-order valence-electron chi connectivity index (χ3n) is 4.60. The molecule has 0 unspecified atom stereocenters. The molecule has 0 saturated carbocycles. The van der Waals surface area contributed by atoms with Crippen molar-refractivity contribution in [3.05, 3.63) is 34.9 Å². The fraction of sp³-hybridized carbons (Fsp3) is 0.611. The van der Waals surface area contributed by atoms with Crippen LogP contribution in [-0.2, 0) is 11.3 Å². The minimum Gasteiger partial charge on any atom is -0.352 e. The molecule has 1 aliphatic heterocycles. The molecule has 1 fully saturated rings. The molecule has 2 rings (SSSR count). The maximum atomic E-state index is 12.0. The van der Waals surface area contributed by atoms with E-state index in [0.717, 1.165) is 37.7 Å². The molecule has 128 valence electrons. The molecule has 0 radical (unpaired) electrons. The molecule has 1 saturated heterocycles. The first kappa shape index (κ1) is 18.2. The van der Waals surface area contributed by atoms with Gasteiger partial charge in [0.25, 0.3) is 0 Å². The van der Waals surface area contributed by atoms with E-state index in [1.165, 1.54) is 19.3 Å². The third-order valence-corrected chi connectivity index (χ3v) is 4.97. The number of carbonyl (C=O) groups excluding carboxylic acids is 1. The largest absolute Gasteiger partial charge is 0.352 e. The zero-order chi connectivity index (χ0) is 16.5. The van der Waals surface area contributed by atoms with Gasteiger partial charge in [0.05, 0.1) is 0 Å². The van der Waals surface area contributed by atoms with Crippen molar-refractivity contribution >= 4 is 17.5 Å². The molecule has 2 N–H and O–H groups in total. The molecule has 1 amide bonds. The fourth-order valence-electron chi connectivity index (χ4n) is 3.03. The van der Waals surface area contributed by atoms with Crippen LogP contribution in [0.15, 0.2) is 24.3 Å². The molecule has 1 aliphatic rings. The van der Waals surface area contributed by atoms with Gasteiger partial charge < -0.3 is 15.5 Å². The molecule has 0 aromatic heterocycles. The Morgan fingerprint density at radius 2 is 2.04 bits per heavy atom. The Hall–Kier alpha value is -1.10. The van der Waals surface area contributed by atoms with E-state index in [-0.39, 0.29) is 5.91 Å². The summed E-state index contributed by atoms with van der Waals surface area (Å²) < 4.78 is 0. The summed E-state index contributed by atoms with van der Waals surface area (Å²) >= 11 is 6.09. The van der Waals surface area contributed by atoms with Crippen LogP contribution in [0.2, 0.25) is 5.02 Å². The molecule has 1 aromatic carbocycles. The molecule has 1 heterocycles.